The van der Waals surface area contributed by atoms with Crippen molar-refractivity contribution in [2.24, 2.45) is 5.41 Å². The van der Waals surface area contributed by atoms with Crippen molar-refractivity contribution >= 4 is 11.6 Å². The molecular formula is C14H19FN2O4. The highest BCUT2D eigenvalue weighted by atomic mass is 19.1. The number of rotatable bonds is 5. The quantitative estimate of drug-likeness (QED) is 0.644. The third-order valence-corrected chi connectivity index (χ3v) is 3.18. The van der Waals surface area contributed by atoms with Crippen molar-refractivity contribution in [2.45, 2.75) is 33.2 Å². The van der Waals surface area contributed by atoms with E-state index in [0.717, 1.165) is 12.1 Å². The van der Waals surface area contributed by atoms with Crippen LogP contribution in [-0.4, -0.2) is 28.6 Å². The molecule has 116 valence electrons. The van der Waals surface area contributed by atoms with Gasteiger partial charge in [-0.2, -0.15) is 0 Å². The standard InChI is InChI=1S/C14H19FN2O4/c1-14(2,3)12(6-7-18)16-13(19)10-5-4-9(17(20)21)8-11(10)15/h4-5,8,12,18H,6-7H2,1-3H3,(H,16,19). The number of hydrogen-bond donors (Lipinski definition) is 2. The fraction of sp³-hybridized carbons (Fsp3) is 0.500. The van der Waals surface area contributed by atoms with Crippen LogP contribution in [-0.2, 0) is 0 Å². The number of hydrogen-bond acceptors (Lipinski definition) is 4. The van der Waals surface area contributed by atoms with E-state index in [0.29, 0.717) is 12.5 Å². The molecule has 1 unspecified atom stereocenters. The van der Waals surface area contributed by atoms with E-state index in [4.69, 9.17) is 5.11 Å². The summed E-state index contributed by atoms with van der Waals surface area (Å²) < 4.78 is 13.8. The molecule has 2 N–H and O–H groups in total. The molecule has 0 saturated heterocycles. The van der Waals surface area contributed by atoms with Crippen LogP contribution in [0.5, 0.6) is 0 Å². The Bertz CT molecular complexity index is 540. The lowest BCUT2D eigenvalue weighted by atomic mass is 9.84. The molecule has 0 spiro atoms. The van der Waals surface area contributed by atoms with E-state index < -0.39 is 22.3 Å². The number of non-ortho nitro benzene ring substituents is 1. The van der Waals surface area contributed by atoms with Crippen LogP contribution in [0, 0.1) is 21.3 Å². The Kier molecular flexibility index (Phi) is 5.37. The van der Waals surface area contributed by atoms with Crippen LogP contribution in [0.4, 0.5) is 10.1 Å². The summed E-state index contributed by atoms with van der Waals surface area (Å²) in [7, 11) is 0. The maximum atomic E-state index is 13.8. The maximum absolute atomic E-state index is 13.8. The number of carbonyl (C=O) groups excluding carboxylic acids is 1. The average molecular weight is 298 g/mol. The van der Waals surface area contributed by atoms with Crippen molar-refractivity contribution in [2.75, 3.05) is 6.61 Å². The Morgan fingerprint density at radius 1 is 1.48 bits per heavy atom. The molecule has 1 aromatic carbocycles. The van der Waals surface area contributed by atoms with E-state index >= 15 is 0 Å². The zero-order chi connectivity index (χ0) is 16.2. The fourth-order valence-electron chi connectivity index (χ4n) is 1.89. The molecule has 0 aliphatic carbocycles. The summed E-state index contributed by atoms with van der Waals surface area (Å²) in [5, 5.41) is 22.2. The summed E-state index contributed by atoms with van der Waals surface area (Å²) >= 11 is 0. The monoisotopic (exact) mass is 298 g/mol. The molecule has 0 bridgehead atoms. The Balaban J connectivity index is 2.95. The lowest BCUT2D eigenvalue weighted by Gasteiger charge is -2.31. The number of halogens is 1. The van der Waals surface area contributed by atoms with E-state index in [1.807, 2.05) is 20.8 Å². The summed E-state index contributed by atoms with van der Waals surface area (Å²) in [5.41, 5.74) is -0.977. The topological polar surface area (TPSA) is 92.5 Å². The minimum atomic E-state index is -0.946. The number of aliphatic hydroxyl groups excluding tert-OH is 1. The lowest BCUT2D eigenvalue weighted by molar-refractivity contribution is -0.385. The predicted octanol–water partition coefficient (Wildman–Crippen LogP) is 2.26. The summed E-state index contributed by atoms with van der Waals surface area (Å²) in [6, 6.07) is 2.54. The normalized spacial score (nSPS) is 12.8. The molecule has 1 rings (SSSR count). The molecule has 0 heterocycles. The van der Waals surface area contributed by atoms with Gasteiger partial charge in [0.25, 0.3) is 11.6 Å². The molecule has 0 fully saturated rings. The Labute approximate surface area is 122 Å². The second-order valence-electron chi connectivity index (χ2n) is 5.83. The van der Waals surface area contributed by atoms with Crippen molar-refractivity contribution in [1.29, 1.82) is 0 Å². The van der Waals surface area contributed by atoms with Crippen LogP contribution < -0.4 is 5.32 Å². The van der Waals surface area contributed by atoms with Crippen LogP contribution >= 0.6 is 0 Å². The molecule has 0 radical (unpaired) electrons. The second kappa shape index (κ2) is 6.62. The van der Waals surface area contributed by atoms with Crippen molar-refractivity contribution in [3.63, 3.8) is 0 Å². The molecular weight excluding hydrogens is 279 g/mol. The molecule has 1 atom stereocenters. The summed E-state index contributed by atoms with van der Waals surface area (Å²) in [4.78, 5) is 21.9. The fourth-order valence-corrected chi connectivity index (χ4v) is 1.89. The Morgan fingerprint density at radius 2 is 2.10 bits per heavy atom. The van der Waals surface area contributed by atoms with Gasteiger partial charge in [-0.15, -0.1) is 0 Å². The summed E-state index contributed by atoms with van der Waals surface area (Å²) in [6.07, 6.45) is 0.337. The minimum Gasteiger partial charge on any atom is -0.396 e. The number of benzene rings is 1. The van der Waals surface area contributed by atoms with Gasteiger partial charge in [-0.3, -0.25) is 14.9 Å². The van der Waals surface area contributed by atoms with E-state index in [1.54, 1.807) is 0 Å². The molecule has 0 aliphatic rings. The maximum Gasteiger partial charge on any atom is 0.272 e. The van der Waals surface area contributed by atoms with Crippen LogP contribution in [0.3, 0.4) is 0 Å². The number of nitrogens with zero attached hydrogens (tertiary/aromatic N) is 1. The van der Waals surface area contributed by atoms with Crippen LogP contribution in [0.15, 0.2) is 18.2 Å². The number of nitro benzene ring substituents is 1. The Hall–Kier alpha value is -2.02. The molecule has 0 aromatic heterocycles. The number of carbonyl (C=O) groups is 1. The average Bonchev–Trinajstić information content (AvgIpc) is 2.36. The van der Waals surface area contributed by atoms with Gasteiger partial charge >= 0.3 is 0 Å². The van der Waals surface area contributed by atoms with Crippen molar-refractivity contribution in [3.05, 3.63) is 39.7 Å². The summed E-state index contributed by atoms with van der Waals surface area (Å²) in [6.45, 7) is 5.56. The van der Waals surface area contributed by atoms with Gasteiger partial charge in [0.05, 0.1) is 16.6 Å². The molecule has 1 aromatic rings. The van der Waals surface area contributed by atoms with Crippen LogP contribution in [0.2, 0.25) is 0 Å². The molecule has 7 heteroatoms. The zero-order valence-electron chi connectivity index (χ0n) is 12.2. The first-order valence-electron chi connectivity index (χ1n) is 6.52. The molecule has 1 amide bonds. The molecule has 0 aliphatic heterocycles. The van der Waals surface area contributed by atoms with Gasteiger partial charge in [0.15, 0.2) is 0 Å². The highest BCUT2D eigenvalue weighted by Crippen LogP contribution is 2.23. The summed E-state index contributed by atoms with van der Waals surface area (Å²) in [5.74, 6) is -1.60. The van der Waals surface area contributed by atoms with Crippen molar-refractivity contribution in [3.8, 4) is 0 Å². The largest absolute Gasteiger partial charge is 0.396 e. The first-order valence-corrected chi connectivity index (χ1v) is 6.52. The molecule has 21 heavy (non-hydrogen) atoms. The molecule has 6 nitrogen and oxygen atoms in total. The van der Waals surface area contributed by atoms with Crippen LogP contribution in [0.1, 0.15) is 37.6 Å². The highest BCUT2D eigenvalue weighted by Gasteiger charge is 2.27. The third kappa shape index (κ3) is 4.49. The number of nitrogens with one attached hydrogen (secondary N) is 1. The lowest BCUT2D eigenvalue weighted by Crippen LogP contribution is -2.44. The van der Waals surface area contributed by atoms with Gasteiger partial charge in [0.2, 0.25) is 0 Å². The zero-order valence-corrected chi connectivity index (χ0v) is 12.2. The first kappa shape index (κ1) is 17.0. The van der Waals surface area contributed by atoms with Gasteiger partial charge in [0.1, 0.15) is 5.82 Å². The van der Waals surface area contributed by atoms with Gasteiger partial charge < -0.3 is 10.4 Å². The second-order valence-corrected chi connectivity index (χ2v) is 5.83. The smallest absolute Gasteiger partial charge is 0.272 e. The van der Waals surface area contributed by atoms with Crippen LogP contribution in [0.25, 0.3) is 0 Å². The van der Waals surface area contributed by atoms with Gasteiger partial charge in [-0.1, -0.05) is 20.8 Å². The van der Waals surface area contributed by atoms with E-state index in [2.05, 4.69) is 5.32 Å². The van der Waals surface area contributed by atoms with Gasteiger partial charge in [-0.25, -0.2) is 4.39 Å². The SMILES string of the molecule is CC(C)(C)C(CCO)NC(=O)c1ccc([N+](=O)[O-])cc1F. The van der Waals surface area contributed by atoms with Gasteiger partial charge in [-0.05, 0) is 17.9 Å². The molecule has 0 saturated carbocycles. The van der Waals surface area contributed by atoms with Crippen molar-refractivity contribution < 1.29 is 19.2 Å². The van der Waals surface area contributed by atoms with Crippen molar-refractivity contribution in [1.82, 2.24) is 5.32 Å². The number of nitro groups is 1. The Morgan fingerprint density at radius 3 is 2.52 bits per heavy atom. The number of aliphatic hydroxyl groups is 1. The predicted molar refractivity (Wildman–Crippen MR) is 75.5 cm³/mol. The minimum absolute atomic E-state index is 0.106. The van der Waals surface area contributed by atoms with E-state index in [-0.39, 0.29) is 23.6 Å². The van der Waals surface area contributed by atoms with E-state index in [9.17, 15) is 19.3 Å². The van der Waals surface area contributed by atoms with E-state index in [1.165, 1.54) is 0 Å². The van der Waals surface area contributed by atoms with Gasteiger partial charge in [0, 0.05) is 18.7 Å². The number of amides is 1. The third-order valence-electron chi connectivity index (χ3n) is 3.18. The first-order chi connectivity index (χ1) is 9.66. The highest BCUT2D eigenvalue weighted by molar-refractivity contribution is 5.94.